The first kappa shape index (κ1) is 19.6. The smallest absolute Gasteiger partial charge is 0.269 e. The van der Waals surface area contributed by atoms with Crippen LogP contribution in [0.5, 0.6) is 0 Å². The summed E-state index contributed by atoms with van der Waals surface area (Å²) in [6, 6.07) is 12.5. The molecular formula is C22H31N3O2. The van der Waals surface area contributed by atoms with Crippen molar-refractivity contribution < 1.29 is 9.53 Å². The number of rotatable bonds is 6. The largest absolute Gasteiger partial charge is 0.376 e. The van der Waals surface area contributed by atoms with Crippen LogP contribution in [0.15, 0.2) is 36.4 Å². The number of benzene rings is 1. The number of hydrogen-bond acceptors (Lipinski definition) is 3. The van der Waals surface area contributed by atoms with E-state index >= 15 is 0 Å². The molecule has 1 saturated heterocycles. The fourth-order valence-electron chi connectivity index (χ4n) is 4.35. The average Bonchev–Trinajstić information content (AvgIpc) is 3.02. The number of aromatic nitrogens is 2. The second kappa shape index (κ2) is 7.85. The minimum atomic E-state index is -0.157. The van der Waals surface area contributed by atoms with Crippen LogP contribution in [-0.2, 0) is 16.7 Å². The summed E-state index contributed by atoms with van der Waals surface area (Å²) >= 11 is 0. The van der Waals surface area contributed by atoms with E-state index in [1.807, 2.05) is 19.9 Å². The van der Waals surface area contributed by atoms with Crippen molar-refractivity contribution in [3.63, 3.8) is 0 Å². The SMILES string of the molecule is CCn1nc(C)cc1C(=O)NCC[C@]1(c2ccccc2)CCOC(C)(C)C1. The van der Waals surface area contributed by atoms with Crippen molar-refractivity contribution in [2.24, 2.45) is 0 Å². The molecule has 5 nitrogen and oxygen atoms in total. The summed E-state index contributed by atoms with van der Waals surface area (Å²) in [5, 5.41) is 7.48. The van der Waals surface area contributed by atoms with Crippen LogP contribution >= 0.6 is 0 Å². The zero-order valence-corrected chi connectivity index (χ0v) is 16.9. The highest BCUT2D eigenvalue weighted by molar-refractivity contribution is 5.92. The Labute approximate surface area is 162 Å². The Hall–Kier alpha value is -2.14. The van der Waals surface area contributed by atoms with Crippen molar-refractivity contribution in [2.75, 3.05) is 13.2 Å². The van der Waals surface area contributed by atoms with Gasteiger partial charge in [0.15, 0.2) is 0 Å². The molecule has 1 aromatic heterocycles. The van der Waals surface area contributed by atoms with Gasteiger partial charge in [0, 0.05) is 25.1 Å². The highest BCUT2D eigenvalue weighted by Gasteiger charge is 2.41. The summed E-state index contributed by atoms with van der Waals surface area (Å²) in [6.45, 7) is 10.3. The lowest BCUT2D eigenvalue weighted by Gasteiger charge is -2.45. The first-order valence-electron chi connectivity index (χ1n) is 9.87. The van der Waals surface area contributed by atoms with Gasteiger partial charge in [0.2, 0.25) is 0 Å². The molecular weight excluding hydrogens is 338 g/mol. The molecule has 1 fully saturated rings. The molecule has 0 spiro atoms. The first-order valence-corrected chi connectivity index (χ1v) is 9.87. The third kappa shape index (κ3) is 4.41. The molecule has 27 heavy (non-hydrogen) atoms. The van der Waals surface area contributed by atoms with Gasteiger partial charge in [-0.2, -0.15) is 5.10 Å². The molecule has 1 N–H and O–H groups in total. The summed E-state index contributed by atoms with van der Waals surface area (Å²) in [6.07, 6.45) is 2.82. The highest BCUT2D eigenvalue weighted by Crippen LogP contribution is 2.43. The highest BCUT2D eigenvalue weighted by atomic mass is 16.5. The summed E-state index contributed by atoms with van der Waals surface area (Å²) in [4.78, 5) is 12.7. The summed E-state index contributed by atoms with van der Waals surface area (Å²) in [5.74, 6) is -0.0491. The van der Waals surface area contributed by atoms with Crippen molar-refractivity contribution >= 4 is 5.91 Å². The van der Waals surface area contributed by atoms with Crippen LogP contribution in [0.25, 0.3) is 0 Å². The van der Waals surface area contributed by atoms with Crippen LogP contribution in [0.1, 0.15) is 61.8 Å². The second-order valence-electron chi connectivity index (χ2n) is 8.17. The number of carbonyl (C=O) groups excluding carboxylic acids is 1. The van der Waals surface area contributed by atoms with Crippen molar-refractivity contribution in [1.29, 1.82) is 0 Å². The maximum Gasteiger partial charge on any atom is 0.269 e. The van der Waals surface area contributed by atoms with Crippen LogP contribution in [-0.4, -0.2) is 34.4 Å². The van der Waals surface area contributed by atoms with Crippen molar-refractivity contribution in [1.82, 2.24) is 15.1 Å². The van der Waals surface area contributed by atoms with Crippen LogP contribution < -0.4 is 5.32 Å². The molecule has 0 unspecified atom stereocenters. The Morgan fingerprint density at radius 1 is 1.30 bits per heavy atom. The van der Waals surface area contributed by atoms with Gasteiger partial charge in [-0.15, -0.1) is 0 Å². The Bertz CT molecular complexity index is 782. The third-order valence-corrected chi connectivity index (χ3v) is 5.55. The molecule has 5 heteroatoms. The third-order valence-electron chi connectivity index (χ3n) is 5.55. The number of amides is 1. The van der Waals surface area contributed by atoms with Gasteiger partial charge in [0.1, 0.15) is 5.69 Å². The van der Waals surface area contributed by atoms with Gasteiger partial charge in [-0.05, 0) is 58.6 Å². The van der Waals surface area contributed by atoms with E-state index in [1.165, 1.54) is 5.56 Å². The molecule has 146 valence electrons. The predicted molar refractivity (Wildman–Crippen MR) is 107 cm³/mol. The van der Waals surface area contributed by atoms with E-state index < -0.39 is 0 Å². The molecule has 0 radical (unpaired) electrons. The lowest BCUT2D eigenvalue weighted by Crippen LogP contribution is -2.45. The van der Waals surface area contributed by atoms with Gasteiger partial charge in [0.25, 0.3) is 5.91 Å². The molecule has 0 bridgehead atoms. The summed E-state index contributed by atoms with van der Waals surface area (Å²) < 4.78 is 7.73. The van der Waals surface area contributed by atoms with Gasteiger partial charge in [-0.1, -0.05) is 30.3 Å². The van der Waals surface area contributed by atoms with Gasteiger partial charge in [-0.25, -0.2) is 0 Å². The van der Waals surface area contributed by atoms with E-state index in [2.05, 4.69) is 54.6 Å². The zero-order chi connectivity index (χ0) is 19.5. The van der Waals surface area contributed by atoms with E-state index in [1.54, 1.807) is 4.68 Å². The van der Waals surface area contributed by atoms with Crippen LogP contribution in [0, 0.1) is 6.92 Å². The molecule has 2 aromatic rings. The Morgan fingerprint density at radius 2 is 2.04 bits per heavy atom. The van der Waals surface area contributed by atoms with E-state index in [9.17, 15) is 4.79 Å². The Balaban J connectivity index is 1.73. The molecule has 0 saturated carbocycles. The number of carbonyl (C=O) groups is 1. The fourth-order valence-corrected chi connectivity index (χ4v) is 4.35. The van der Waals surface area contributed by atoms with E-state index in [4.69, 9.17) is 4.74 Å². The minimum Gasteiger partial charge on any atom is -0.376 e. The van der Waals surface area contributed by atoms with Gasteiger partial charge in [-0.3, -0.25) is 9.48 Å². The Morgan fingerprint density at radius 3 is 2.70 bits per heavy atom. The van der Waals surface area contributed by atoms with E-state index in [0.717, 1.165) is 31.6 Å². The molecule has 3 rings (SSSR count). The molecule has 2 heterocycles. The average molecular weight is 370 g/mol. The summed E-state index contributed by atoms with van der Waals surface area (Å²) in [5.41, 5.74) is 2.71. The van der Waals surface area contributed by atoms with Crippen molar-refractivity contribution in [3.05, 3.63) is 53.3 Å². The van der Waals surface area contributed by atoms with Crippen molar-refractivity contribution in [3.8, 4) is 0 Å². The number of hydrogen-bond donors (Lipinski definition) is 1. The number of nitrogens with zero attached hydrogens (tertiary/aromatic N) is 2. The van der Waals surface area contributed by atoms with Gasteiger partial charge in [0.05, 0.1) is 11.3 Å². The molecule has 0 aliphatic carbocycles. The second-order valence-corrected chi connectivity index (χ2v) is 8.17. The van der Waals surface area contributed by atoms with E-state index in [0.29, 0.717) is 18.8 Å². The zero-order valence-electron chi connectivity index (χ0n) is 16.9. The fraction of sp³-hybridized carbons (Fsp3) is 0.545. The quantitative estimate of drug-likeness (QED) is 0.841. The standard InChI is InChI=1S/C22H31N3O2/c1-5-25-19(15-17(2)24-25)20(26)23-13-11-22(18-9-7-6-8-10-18)12-14-27-21(3,4)16-22/h6-10,15H,5,11-14,16H2,1-4H3,(H,23,26)/t22-/m0/s1. The number of nitrogens with one attached hydrogen (secondary N) is 1. The Kier molecular flexibility index (Phi) is 5.70. The molecule has 1 aliphatic rings. The minimum absolute atomic E-state index is 0.0250. The maximum absolute atomic E-state index is 12.7. The maximum atomic E-state index is 12.7. The van der Waals surface area contributed by atoms with E-state index in [-0.39, 0.29) is 16.9 Å². The molecule has 1 aliphatic heterocycles. The monoisotopic (exact) mass is 369 g/mol. The number of aryl methyl sites for hydroxylation is 2. The van der Waals surface area contributed by atoms with Crippen LogP contribution in [0.4, 0.5) is 0 Å². The molecule has 1 amide bonds. The normalized spacial score (nSPS) is 21.8. The van der Waals surface area contributed by atoms with Crippen molar-refractivity contribution in [2.45, 2.75) is 64.5 Å². The lowest BCUT2D eigenvalue weighted by atomic mass is 9.67. The van der Waals surface area contributed by atoms with Crippen LogP contribution in [0.2, 0.25) is 0 Å². The summed E-state index contributed by atoms with van der Waals surface area (Å²) in [7, 11) is 0. The van der Waals surface area contributed by atoms with Gasteiger partial charge >= 0.3 is 0 Å². The number of ether oxygens (including phenoxy) is 1. The lowest BCUT2D eigenvalue weighted by molar-refractivity contribution is -0.0838. The predicted octanol–water partition coefficient (Wildman–Crippen LogP) is 3.86. The first-order chi connectivity index (χ1) is 12.9. The van der Waals surface area contributed by atoms with Gasteiger partial charge < -0.3 is 10.1 Å². The topological polar surface area (TPSA) is 56.2 Å². The molecule has 1 atom stereocenters. The molecule has 1 aromatic carbocycles. The van der Waals surface area contributed by atoms with Crippen LogP contribution in [0.3, 0.4) is 0 Å².